The van der Waals surface area contributed by atoms with Gasteiger partial charge in [0.15, 0.2) is 0 Å². The largest absolute Gasteiger partial charge is 0.456 e. The lowest BCUT2D eigenvalue weighted by Crippen LogP contribution is -2.34. The van der Waals surface area contributed by atoms with Crippen LogP contribution in [0.3, 0.4) is 0 Å². The quantitative estimate of drug-likeness (QED) is 0.170. The second-order valence-corrected chi connectivity index (χ2v) is 17.3. The Bertz CT molecular complexity index is 2890. The maximum Gasteiger partial charge on any atom is 0.137 e. The van der Waals surface area contributed by atoms with Crippen molar-refractivity contribution in [1.29, 1.82) is 0 Å². The number of hydrogen-bond acceptors (Lipinski definition) is 2. The Morgan fingerprint density at radius 1 is 0.518 bits per heavy atom. The fourth-order valence-corrected chi connectivity index (χ4v) is 11.7. The van der Waals surface area contributed by atoms with Crippen LogP contribution in [0.15, 0.2) is 168 Å². The zero-order valence-electron chi connectivity index (χ0n) is 31.7. The van der Waals surface area contributed by atoms with Gasteiger partial charge in [-0.3, -0.25) is 0 Å². The smallest absolute Gasteiger partial charge is 0.137 e. The van der Waals surface area contributed by atoms with Crippen LogP contribution in [-0.4, -0.2) is 4.57 Å². The first kappa shape index (κ1) is 32.2. The lowest BCUT2D eigenvalue weighted by atomic mass is 9.63. The van der Waals surface area contributed by atoms with Crippen LogP contribution >= 0.6 is 0 Å². The maximum atomic E-state index is 6.43. The number of para-hydroxylation sites is 3. The Morgan fingerprint density at radius 2 is 1.18 bits per heavy atom. The van der Waals surface area contributed by atoms with Gasteiger partial charge in [-0.1, -0.05) is 97.9 Å². The highest BCUT2D eigenvalue weighted by atomic mass is 16.3. The molecule has 0 aliphatic heterocycles. The average molecular weight is 725 g/mol. The standard InChI is InChI=1S/C53H44N2O/c1-34-27-37-28-38-32-53(31-34,33-48(37)38)39-19-23-41(24-20-39)54(43-25-26-47-46-13-4-7-16-51(46)56-52(47)30-43)40-21-17-35(18-22-40)36-9-8-10-42(29-36)55-49-14-5-2-11-44(49)45-12-3-6-15-50(45)55/h2-26,29-30,34,37-38,48H,27-28,31-33H2,1H3/t34-,37?,38?,48+,53?/m0/s1. The summed E-state index contributed by atoms with van der Waals surface area (Å²) in [5, 5.41) is 4.86. The summed E-state index contributed by atoms with van der Waals surface area (Å²) in [6, 6.07) is 60.2. The third-order valence-electron chi connectivity index (χ3n) is 14.0. The van der Waals surface area contributed by atoms with Crippen LogP contribution in [0.25, 0.3) is 60.6 Å². The summed E-state index contributed by atoms with van der Waals surface area (Å²) in [6.07, 6.45) is 7.00. The van der Waals surface area contributed by atoms with E-state index < -0.39 is 0 Å². The molecule has 0 saturated heterocycles. The van der Waals surface area contributed by atoms with Crippen LogP contribution < -0.4 is 4.90 Å². The Balaban J connectivity index is 0.936. The molecule has 3 aliphatic rings. The van der Waals surface area contributed by atoms with Gasteiger partial charge >= 0.3 is 0 Å². The highest BCUT2D eigenvalue weighted by Crippen LogP contribution is 2.65. The van der Waals surface area contributed by atoms with Gasteiger partial charge in [0.1, 0.15) is 11.2 Å². The minimum atomic E-state index is 0.339. The number of fused-ring (bicyclic) bond motifs is 7. The highest BCUT2D eigenvalue weighted by molar-refractivity contribution is 6.09. The Kier molecular flexibility index (Phi) is 7.03. The number of anilines is 3. The van der Waals surface area contributed by atoms with E-state index in [1.54, 1.807) is 5.56 Å². The molecule has 0 amide bonds. The average Bonchev–Trinajstić information content (AvgIpc) is 3.85. The molecule has 0 spiro atoms. The lowest BCUT2D eigenvalue weighted by molar-refractivity contribution is 0.0780. The highest BCUT2D eigenvalue weighted by Gasteiger charge is 2.57. The molecule has 272 valence electrons. The third kappa shape index (κ3) is 4.89. The number of hydrogen-bond donors (Lipinski definition) is 0. The normalized spacial score (nSPS) is 22.8. The molecule has 2 heterocycles. The third-order valence-corrected chi connectivity index (χ3v) is 14.0. The van der Waals surface area contributed by atoms with Crippen LogP contribution in [0.1, 0.15) is 44.6 Å². The molecule has 7 aromatic carbocycles. The van der Waals surface area contributed by atoms with Gasteiger partial charge in [0.05, 0.1) is 11.0 Å². The minimum absolute atomic E-state index is 0.339. The Hall–Kier alpha value is -6.06. The van der Waals surface area contributed by atoms with Crippen molar-refractivity contribution >= 4 is 60.8 Å². The van der Waals surface area contributed by atoms with Crippen molar-refractivity contribution < 1.29 is 4.42 Å². The molecule has 9 aromatic rings. The van der Waals surface area contributed by atoms with Crippen LogP contribution in [0.4, 0.5) is 17.1 Å². The SMILES string of the molecule is C[C@H]1CC2CC3CC(c4ccc(N(c5ccc(-c6cccc(-n7c8ccccc8c8ccccc87)c6)cc5)c5ccc6c(c5)oc5ccccc56)cc4)(C1)C[C@H]23. The van der Waals surface area contributed by atoms with Crippen molar-refractivity contribution in [2.75, 3.05) is 4.90 Å². The van der Waals surface area contributed by atoms with Crippen molar-refractivity contribution in [2.24, 2.45) is 23.7 Å². The topological polar surface area (TPSA) is 21.3 Å². The van der Waals surface area contributed by atoms with Crippen molar-refractivity contribution in [3.05, 3.63) is 169 Å². The lowest BCUT2D eigenvalue weighted by Gasteiger charge is -2.42. The summed E-state index contributed by atoms with van der Waals surface area (Å²) < 4.78 is 8.82. The molecule has 0 radical (unpaired) electrons. The fraction of sp³-hybridized carbons (Fsp3) is 0.208. The first-order valence-electron chi connectivity index (χ1n) is 20.6. The fourth-order valence-electron chi connectivity index (χ4n) is 11.7. The van der Waals surface area contributed by atoms with E-state index in [-0.39, 0.29) is 0 Å². The van der Waals surface area contributed by atoms with Gasteiger partial charge in [0.25, 0.3) is 0 Å². The molecule has 12 rings (SSSR count). The Morgan fingerprint density at radius 3 is 1.95 bits per heavy atom. The van der Waals surface area contributed by atoms with E-state index in [0.29, 0.717) is 5.41 Å². The van der Waals surface area contributed by atoms with E-state index in [1.807, 2.05) is 6.07 Å². The van der Waals surface area contributed by atoms with Gasteiger partial charge in [-0.05, 0) is 145 Å². The van der Waals surface area contributed by atoms with Crippen LogP contribution in [0.2, 0.25) is 0 Å². The number of aromatic nitrogens is 1. The van der Waals surface area contributed by atoms with Gasteiger partial charge in [-0.15, -0.1) is 0 Å². The van der Waals surface area contributed by atoms with Crippen LogP contribution in [0, 0.1) is 23.7 Å². The van der Waals surface area contributed by atoms with E-state index in [0.717, 1.165) is 62.7 Å². The molecule has 56 heavy (non-hydrogen) atoms. The zero-order valence-corrected chi connectivity index (χ0v) is 31.7. The summed E-state index contributed by atoms with van der Waals surface area (Å²) in [7, 11) is 0. The molecular formula is C53H44N2O. The summed E-state index contributed by atoms with van der Waals surface area (Å²) in [5.41, 5.74) is 13.1. The molecule has 3 saturated carbocycles. The van der Waals surface area contributed by atoms with Gasteiger partial charge < -0.3 is 13.9 Å². The first-order chi connectivity index (χ1) is 27.6. The molecule has 3 nitrogen and oxygen atoms in total. The van der Waals surface area contributed by atoms with Gasteiger partial charge in [0.2, 0.25) is 0 Å². The van der Waals surface area contributed by atoms with Gasteiger partial charge in [-0.2, -0.15) is 0 Å². The van der Waals surface area contributed by atoms with Crippen LogP contribution in [0.5, 0.6) is 0 Å². The molecule has 2 bridgehead atoms. The monoisotopic (exact) mass is 724 g/mol. The first-order valence-corrected chi connectivity index (χ1v) is 20.6. The van der Waals surface area contributed by atoms with Crippen molar-refractivity contribution in [1.82, 2.24) is 4.57 Å². The number of nitrogens with zero attached hydrogens (tertiary/aromatic N) is 2. The second-order valence-electron chi connectivity index (χ2n) is 17.3. The number of rotatable bonds is 6. The summed E-state index contributed by atoms with van der Waals surface area (Å²) in [5.74, 6) is 3.67. The van der Waals surface area contributed by atoms with Crippen molar-refractivity contribution in [3.63, 3.8) is 0 Å². The zero-order chi connectivity index (χ0) is 37.0. The summed E-state index contributed by atoms with van der Waals surface area (Å²) >= 11 is 0. The second kappa shape index (κ2) is 12.2. The molecule has 3 unspecified atom stereocenters. The van der Waals surface area contributed by atoms with Crippen LogP contribution in [-0.2, 0) is 5.41 Å². The summed E-state index contributed by atoms with van der Waals surface area (Å²) in [4.78, 5) is 2.40. The molecule has 5 atom stereocenters. The molecule has 3 heteroatoms. The van der Waals surface area contributed by atoms with E-state index in [4.69, 9.17) is 4.42 Å². The minimum Gasteiger partial charge on any atom is -0.456 e. The predicted octanol–water partition coefficient (Wildman–Crippen LogP) is 14.5. The van der Waals surface area contributed by atoms with Gasteiger partial charge in [0, 0.05) is 50.4 Å². The van der Waals surface area contributed by atoms with E-state index in [2.05, 4.69) is 174 Å². The number of benzene rings is 7. The van der Waals surface area contributed by atoms with E-state index >= 15 is 0 Å². The molecular weight excluding hydrogens is 681 g/mol. The molecule has 2 aromatic heterocycles. The Labute approximate surface area is 327 Å². The summed E-state index contributed by atoms with van der Waals surface area (Å²) in [6.45, 7) is 2.50. The molecule has 3 aliphatic carbocycles. The van der Waals surface area contributed by atoms with E-state index in [1.165, 1.54) is 70.7 Å². The maximum absolute atomic E-state index is 6.43. The molecule has 3 fully saturated rings. The number of furan rings is 1. The van der Waals surface area contributed by atoms with E-state index in [9.17, 15) is 0 Å². The van der Waals surface area contributed by atoms with Gasteiger partial charge in [-0.25, -0.2) is 0 Å². The molecule has 0 N–H and O–H groups in total. The van der Waals surface area contributed by atoms with Crippen molar-refractivity contribution in [2.45, 2.75) is 44.4 Å². The predicted molar refractivity (Wildman–Crippen MR) is 233 cm³/mol. The van der Waals surface area contributed by atoms with Crippen molar-refractivity contribution in [3.8, 4) is 16.8 Å².